The van der Waals surface area contributed by atoms with Crippen LogP contribution in [0.4, 0.5) is 5.95 Å². The lowest BCUT2D eigenvalue weighted by molar-refractivity contribution is 0.731. The van der Waals surface area contributed by atoms with Crippen molar-refractivity contribution >= 4 is 5.95 Å². The molecule has 0 spiro atoms. The van der Waals surface area contributed by atoms with Crippen LogP contribution in [0.15, 0.2) is 35.6 Å². The average Bonchev–Trinajstić information content (AvgIpc) is 2.60. The molecule has 0 saturated carbocycles. The molecule has 2 aromatic rings. The summed E-state index contributed by atoms with van der Waals surface area (Å²) in [4.78, 5) is 21.3. The summed E-state index contributed by atoms with van der Waals surface area (Å²) in [5.41, 5.74) is 2.77. The second kappa shape index (κ2) is 7.88. The number of benzene rings is 1. The van der Waals surface area contributed by atoms with Crippen molar-refractivity contribution in [3.63, 3.8) is 0 Å². The van der Waals surface area contributed by atoms with Gasteiger partial charge in [-0.25, -0.2) is 15.2 Å². The molecule has 0 amide bonds. The highest BCUT2D eigenvalue weighted by atomic mass is 16.1. The maximum Gasteiger partial charge on any atom is 0.356 e. The third-order valence-electron chi connectivity index (χ3n) is 3.96. The predicted octanol–water partition coefficient (Wildman–Crippen LogP) is 2.18. The zero-order valence-electron chi connectivity index (χ0n) is 14.6. The molecule has 0 saturated heterocycles. The van der Waals surface area contributed by atoms with E-state index in [1.807, 2.05) is 25.1 Å². The number of aryl methyl sites for hydroxylation is 3. The third kappa shape index (κ3) is 3.38. The topological polar surface area (TPSA) is 77.0 Å². The first kappa shape index (κ1) is 17.9. The van der Waals surface area contributed by atoms with Crippen LogP contribution in [0.1, 0.15) is 37.7 Å². The van der Waals surface area contributed by atoms with Crippen molar-refractivity contribution in [3.8, 4) is 5.69 Å². The molecule has 0 aliphatic heterocycles. The zero-order chi connectivity index (χ0) is 17.7. The highest BCUT2D eigenvalue weighted by molar-refractivity contribution is 5.49. The Morgan fingerprint density at radius 2 is 1.79 bits per heavy atom. The van der Waals surface area contributed by atoms with E-state index in [-0.39, 0.29) is 11.6 Å². The van der Waals surface area contributed by atoms with Crippen molar-refractivity contribution in [1.29, 1.82) is 0 Å². The van der Waals surface area contributed by atoms with Gasteiger partial charge in [0, 0.05) is 6.42 Å². The van der Waals surface area contributed by atoms with E-state index in [9.17, 15) is 4.79 Å². The summed E-state index contributed by atoms with van der Waals surface area (Å²) in [6, 6.07) is 6.11. The molecule has 0 fully saturated rings. The molecule has 0 aliphatic carbocycles. The summed E-state index contributed by atoms with van der Waals surface area (Å²) in [6.45, 7) is 10.1. The lowest BCUT2D eigenvalue weighted by atomic mass is 10.0. The van der Waals surface area contributed by atoms with E-state index in [1.54, 1.807) is 10.6 Å². The minimum Gasteiger partial charge on any atom is -0.275 e. The molecule has 0 bridgehead atoms. The summed E-state index contributed by atoms with van der Waals surface area (Å²) in [5, 5.41) is 1.32. The molecule has 0 radical (unpaired) electrons. The van der Waals surface area contributed by atoms with Crippen molar-refractivity contribution in [3.05, 3.63) is 58.3 Å². The smallest absolute Gasteiger partial charge is 0.275 e. The van der Waals surface area contributed by atoms with E-state index in [4.69, 9.17) is 5.84 Å². The van der Waals surface area contributed by atoms with Gasteiger partial charge in [0.05, 0.1) is 12.2 Å². The normalized spacial score (nSPS) is 10.7. The summed E-state index contributed by atoms with van der Waals surface area (Å²) in [6.07, 6.45) is 3.91. The monoisotopic (exact) mass is 327 g/mol. The molecule has 1 aromatic heterocycles. The molecule has 2 N–H and O–H groups in total. The van der Waals surface area contributed by atoms with Crippen LogP contribution in [0.2, 0.25) is 0 Å². The molecule has 6 nitrogen and oxygen atoms in total. The molecule has 0 unspecified atom stereocenters. The third-order valence-corrected chi connectivity index (χ3v) is 3.96. The van der Waals surface area contributed by atoms with Crippen LogP contribution in [0.5, 0.6) is 0 Å². The Bertz CT molecular complexity index is 759. The number of anilines is 1. The van der Waals surface area contributed by atoms with E-state index in [0.717, 1.165) is 29.7 Å². The zero-order valence-corrected chi connectivity index (χ0v) is 14.6. The number of hydrogen-bond acceptors (Lipinski definition) is 5. The van der Waals surface area contributed by atoms with E-state index in [1.165, 1.54) is 5.01 Å². The maximum absolute atomic E-state index is 12.8. The molecular formula is C18H25N5O. The molecule has 2 rings (SSSR count). The lowest BCUT2D eigenvalue weighted by Crippen LogP contribution is -2.37. The fourth-order valence-electron chi connectivity index (χ4n) is 2.75. The Balaban J connectivity index is 2.72. The van der Waals surface area contributed by atoms with Crippen molar-refractivity contribution in [2.75, 3.05) is 11.6 Å². The second-order valence-electron chi connectivity index (χ2n) is 5.48. The number of hydrazine groups is 1. The SMILES string of the molecule is C=CCN(N)c1nc(CC)n(-c2c(CC)cccc2CC)c(=O)n1. The van der Waals surface area contributed by atoms with Crippen LogP contribution in [0.3, 0.4) is 0 Å². The number of rotatable bonds is 7. The summed E-state index contributed by atoms with van der Waals surface area (Å²) >= 11 is 0. The van der Waals surface area contributed by atoms with Crippen LogP contribution in [0, 0.1) is 0 Å². The number of para-hydroxylation sites is 1. The van der Waals surface area contributed by atoms with Crippen LogP contribution in [0.25, 0.3) is 5.69 Å². The molecule has 24 heavy (non-hydrogen) atoms. The molecule has 6 heteroatoms. The van der Waals surface area contributed by atoms with Gasteiger partial charge in [0.2, 0.25) is 5.95 Å². The van der Waals surface area contributed by atoms with E-state index in [0.29, 0.717) is 18.8 Å². The largest absolute Gasteiger partial charge is 0.356 e. The number of nitrogens with two attached hydrogens (primary N) is 1. The Hall–Kier alpha value is -2.47. The highest BCUT2D eigenvalue weighted by Gasteiger charge is 2.17. The van der Waals surface area contributed by atoms with Crippen LogP contribution in [-0.4, -0.2) is 21.1 Å². The first-order chi connectivity index (χ1) is 11.6. The Labute approximate surface area is 142 Å². The number of nitrogens with zero attached hydrogens (tertiary/aromatic N) is 4. The van der Waals surface area contributed by atoms with Gasteiger partial charge >= 0.3 is 5.69 Å². The Morgan fingerprint density at radius 1 is 1.17 bits per heavy atom. The van der Waals surface area contributed by atoms with Crippen LogP contribution in [-0.2, 0) is 19.3 Å². The van der Waals surface area contributed by atoms with Gasteiger partial charge in [-0.3, -0.25) is 5.01 Å². The van der Waals surface area contributed by atoms with E-state index in [2.05, 4.69) is 30.4 Å². The first-order valence-corrected chi connectivity index (χ1v) is 8.31. The second-order valence-corrected chi connectivity index (χ2v) is 5.48. The lowest BCUT2D eigenvalue weighted by Gasteiger charge is -2.20. The summed E-state index contributed by atoms with van der Waals surface area (Å²) in [7, 11) is 0. The predicted molar refractivity (Wildman–Crippen MR) is 97.5 cm³/mol. The van der Waals surface area contributed by atoms with Crippen LogP contribution < -0.4 is 16.5 Å². The van der Waals surface area contributed by atoms with Crippen molar-refractivity contribution in [1.82, 2.24) is 14.5 Å². The van der Waals surface area contributed by atoms with Crippen LogP contribution >= 0.6 is 0 Å². The van der Waals surface area contributed by atoms with Crippen molar-refractivity contribution in [2.24, 2.45) is 5.84 Å². The average molecular weight is 327 g/mol. The Kier molecular flexibility index (Phi) is 5.87. The summed E-state index contributed by atoms with van der Waals surface area (Å²) < 4.78 is 1.63. The van der Waals surface area contributed by atoms with Gasteiger partial charge in [-0.15, -0.1) is 6.58 Å². The van der Waals surface area contributed by atoms with Crippen molar-refractivity contribution < 1.29 is 0 Å². The molecule has 1 heterocycles. The van der Waals surface area contributed by atoms with Gasteiger partial charge in [-0.1, -0.05) is 45.0 Å². The molecule has 1 aromatic carbocycles. The molecule has 0 aliphatic rings. The number of aromatic nitrogens is 3. The highest BCUT2D eigenvalue weighted by Crippen LogP contribution is 2.21. The maximum atomic E-state index is 12.8. The quantitative estimate of drug-likeness (QED) is 0.479. The van der Waals surface area contributed by atoms with Gasteiger partial charge in [0.15, 0.2) is 0 Å². The van der Waals surface area contributed by atoms with Crippen molar-refractivity contribution in [2.45, 2.75) is 40.0 Å². The standard InChI is InChI=1S/C18H25N5O/c1-5-12-22(19)17-20-15(8-4)23(18(24)21-17)16-13(6-2)10-9-11-14(16)7-3/h5,9-11H,1,6-8,12,19H2,2-4H3. The van der Waals surface area contributed by atoms with E-state index >= 15 is 0 Å². The first-order valence-electron chi connectivity index (χ1n) is 8.31. The van der Waals surface area contributed by atoms with Gasteiger partial charge in [0.1, 0.15) is 5.82 Å². The fraction of sp³-hybridized carbons (Fsp3) is 0.389. The molecular weight excluding hydrogens is 302 g/mol. The van der Waals surface area contributed by atoms with Gasteiger partial charge in [-0.2, -0.15) is 9.97 Å². The number of hydrogen-bond donors (Lipinski definition) is 1. The Morgan fingerprint density at radius 3 is 2.29 bits per heavy atom. The minimum absolute atomic E-state index is 0.222. The summed E-state index contributed by atoms with van der Waals surface area (Å²) in [5.74, 6) is 6.76. The van der Waals surface area contributed by atoms with Gasteiger partial charge in [-0.05, 0) is 24.0 Å². The minimum atomic E-state index is -0.355. The molecule has 128 valence electrons. The molecule has 0 atom stereocenters. The van der Waals surface area contributed by atoms with Gasteiger partial charge in [0.25, 0.3) is 0 Å². The van der Waals surface area contributed by atoms with E-state index < -0.39 is 0 Å². The van der Waals surface area contributed by atoms with Gasteiger partial charge < -0.3 is 0 Å². The fourth-order valence-corrected chi connectivity index (χ4v) is 2.75.